The lowest BCUT2D eigenvalue weighted by Crippen LogP contribution is -2.24. The predicted octanol–water partition coefficient (Wildman–Crippen LogP) is 3.72. The molecule has 1 atom stereocenters. The second kappa shape index (κ2) is 8.58. The molecule has 5 rings (SSSR count). The standard InChI is InChI=1S/C22H22N8O2/c1-14-12-24-21(25-13-14)26-19-11-20(31-2)28-22(27-19)30-9-5-7-17(30)18-10-16(29-32-18)15-6-3-4-8-23-15/h3-4,6,8,10-13,17H,5,7,9H2,1-2H3,(H,24,25,26,27,28). The Labute approximate surface area is 184 Å². The van der Waals surface area contributed by atoms with Crippen molar-refractivity contribution in [2.45, 2.75) is 25.8 Å². The number of nitrogens with zero attached hydrogens (tertiary/aromatic N) is 7. The summed E-state index contributed by atoms with van der Waals surface area (Å²) in [5, 5.41) is 7.34. The zero-order chi connectivity index (χ0) is 21.9. The Bertz CT molecular complexity index is 1200. The van der Waals surface area contributed by atoms with Crippen molar-refractivity contribution >= 4 is 17.7 Å². The van der Waals surface area contributed by atoms with E-state index in [-0.39, 0.29) is 6.04 Å². The van der Waals surface area contributed by atoms with Crippen molar-refractivity contribution in [1.82, 2.24) is 30.1 Å². The van der Waals surface area contributed by atoms with Gasteiger partial charge in [0, 0.05) is 37.3 Å². The van der Waals surface area contributed by atoms with Gasteiger partial charge in [-0.05, 0) is 37.5 Å². The number of hydrogen-bond acceptors (Lipinski definition) is 10. The molecule has 1 aliphatic heterocycles. The van der Waals surface area contributed by atoms with Crippen LogP contribution in [0.2, 0.25) is 0 Å². The summed E-state index contributed by atoms with van der Waals surface area (Å²) in [6, 6.07) is 9.32. The van der Waals surface area contributed by atoms with Gasteiger partial charge < -0.3 is 19.5 Å². The first-order chi connectivity index (χ1) is 15.7. The van der Waals surface area contributed by atoms with Gasteiger partial charge in [0.2, 0.25) is 17.8 Å². The van der Waals surface area contributed by atoms with Crippen molar-refractivity contribution in [2.24, 2.45) is 0 Å². The zero-order valence-electron chi connectivity index (χ0n) is 17.8. The average molecular weight is 430 g/mol. The minimum absolute atomic E-state index is 0.0319. The highest BCUT2D eigenvalue weighted by atomic mass is 16.5. The van der Waals surface area contributed by atoms with Crippen LogP contribution in [0, 0.1) is 6.92 Å². The van der Waals surface area contributed by atoms with Gasteiger partial charge >= 0.3 is 0 Å². The van der Waals surface area contributed by atoms with E-state index >= 15 is 0 Å². The molecule has 0 spiro atoms. The molecule has 1 saturated heterocycles. The maximum atomic E-state index is 5.69. The molecule has 10 heteroatoms. The zero-order valence-corrected chi connectivity index (χ0v) is 17.8. The third-order valence-corrected chi connectivity index (χ3v) is 5.21. The molecule has 1 aliphatic rings. The average Bonchev–Trinajstić information content (AvgIpc) is 3.51. The van der Waals surface area contributed by atoms with Gasteiger partial charge in [-0.1, -0.05) is 11.2 Å². The topological polar surface area (TPSA) is 115 Å². The third kappa shape index (κ3) is 4.07. The predicted molar refractivity (Wildman–Crippen MR) is 118 cm³/mol. The molecule has 1 N–H and O–H groups in total. The van der Waals surface area contributed by atoms with E-state index in [1.165, 1.54) is 0 Å². The number of nitrogens with one attached hydrogen (secondary N) is 1. The molecule has 1 fully saturated rings. The van der Waals surface area contributed by atoms with Crippen molar-refractivity contribution < 1.29 is 9.26 Å². The summed E-state index contributed by atoms with van der Waals surface area (Å²) in [5.41, 5.74) is 2.46. The van der Waals surface area contributed by atoms with Crippen molar-refractivity contribution in [3.8, 4) is 17.3 Å². The van der Waals surface area contributed by atoms with Crippen molar-refractivity contribution in [1.29, 1.82) is 0 Å². The Hall–Kier alpha value is -4.08. The molecule has 0 saturated carbocycles. The first-order valence-electron chi connectivity index (χ1n) is 10.3. The van der Waals surface area contributed by atoms with Crippen LogP contribution in [0.15, 0.2) is 53.4 Å². The second-order valence-electron chi connectivity index (χ2n) is 7.49. The van der Waals surface area contributed by atoms with Crippen molar-refractivity contribution in [2.75, 3.05) is 23.9 Å². The first-order valence-corrected chi connectivity index (χ1v) is 10.3. The summed E-state index contributed by atoms with van der Waals surface area (Å²) in [4.78, 5) is 24.3. The second-order valence-corrected chi connectivity index (χ2v) is 7.49. The number of aryl methyl sites for hydroxylation is 1. The summed E-state index contributed by atoms with van der Waals surface area (Å²) in [6.45, 7) is 2.73. The van der Waals surface area contributed by atoms with Crippen LogP contribution in [0.3, 0.4) is 0 Å². The Morgan fingerprint density at radius 3 is 2.75 bits per heavy atom. The largest absolute Gasteiger partial charge is 0.481 e. The molecule has 4 aromatic rings. The van der Waals surface area contributed by atoms with E-state index in [1.807, 2.05) is 31.2 Å². The number of hydrogen-bond donors (Lipinski definition) is 1. The van der Waals surface area contributed by atoms with Gasteiger partial charge in [0.1, 0.15) is 11.5 Å². The van der Waals surface area contributed by atoms with Crippen LogP contribution < -0.4 is 15.0 Å². The SMILES string of the molecule is COc1cc(Nc2ncc(C)cn2)nc(N2CCCC2c2cc(-c3ccccn3)no2)n1. The number of ether oxygens (including phenoxy) is 1. The van der Waals surface area contributed by atoms with Gasteiger partial charge in [0.05, 0.1) is 18.8 Å². The summed E-state index contributed by atoms with van der Waals surface area (Å²) in [7, 11) is 1.58. The molecule has 0 aliphatic carbocycles. The van der Waals surface area contributed by atoms with Crippen LogP contribution >= 0.6 is 0 Å². The third-order valence-electron chi connectivity index (χ3n) is 5.21. The molecule has 4 aromatic heterocycles. The van der Waals surface area contributed by atoms with E-state index in [0.29, 0.717) is 29.3 Å². The molecule has 10 nitrogen and oxygen atoms in total. The molecule has 0 amide bonds. The highest BCUT2D eigenvalue weighted by Gasteiger charge is 2.32. The van der Waals surface area contributed by atoms with E-state index in [1.54, 1.807) is 31.8 Å². The normalized spacial score (nSPS) is 15.7. The van der Waals surface area contributed by atoms with Crippen molar-refractivity contribution in [3.05, 3.63) is 60.2 Å². The number of anilines is 3. The van der Waals surface area contributed by atoms with Crippen LogP contribution in [-0.4, -0.2) is 43.7 Å². The van der Waals surface area contributed by atoms with E-state index < -0.39 is 0 Å². The van der Waals surface area contributed by atoms with Crippen LogP contribution in [0.5, 0.6) is 5.88 Å². The lowest BCUT2D eigenvalue weighted by molar-refractivity contribution is 0.361. The van der Waals surface area contributed by atoms with Crippen LogP contribution in [0.4, 0.5) is 17.7 Å². The summed E-state index contributed by atoms with van der Waals surface area (Å²) >= 11 is 0. The monoisotopic (exact) mass is 430 g/mol. The van der Waals surface area contributed by atoms with E-state index in [2.05, 4.69) is 35.3 Å². The van der Waals surface area contributed by atoms with Crippen LogP contribution in [-0.2, 0) is 0 Å². The van der Waals surface area contributed by atoms with E-state index in [4.69, 9.17) is 14.2 Å². The quantitative estimate of drug-likeness (QED) is 0.485. The Balaban J connectivity index is 1.43. The molecular formula is C22H22N8O2. The van der Waals surface area contributed by atoms with Gasteiger partial charge in [-0.25, -0.2) is 9.97 Å². The number of pyridine rings is 1. The highest BCUT2D eigenvalue weighted by Crippen LogP contribution is 2.37. The fourth-order valence-electron chi connectivity index (χ4n) is 3.66. The highest BCUT2D eigenvalue weighted by molar-refractivity contribution is 5.55. The minimum Gasteiger partial charge on any atom is -0.481 e. The van der Waals surface area contributed by atoms with Gasteiger partial charge in [-0.3, -0.25) is 4.98 Å². The molecule has 5 heterocycles. The Morgan fingerprint density at radius 1 is 1.09 bits per heavy atom. The molecular weight excluding hydrogens is 408 g/mol. The first kappa shape index (κ1) is 19.9. The number of rotatable bonds is 6. The smallest absolute Gasteiger partial charge is 0.231 e. The van der Waals surface area contributed by atoms with Gasteiger partial charge in [-0.2, -0.15) is 9.97 Å². The summed E-state index contributed by atoms with van der Waals surface area (Å²) in [5.74, 6) is 2.74. The molecule has 1 unspecified atom stereocenters. The van der Waals surface area contributed by atoms with Gasteiger partial charge in [-0.15, -0.1) is 0 Å². The molecule has 0 aromatic carbocycles. The fourth-order valence-corrected chi connectivity index (χ4v) is 3.66. The maximum absolute atomic E-state index is 5.69. The summed E-state index contributed by atoms with van der Waals surface area (Å²) in [6.07, 6.45) is 7.11. The van der Waals surface area contributed by atoms with Crippen LogP contribution in [0.25, 0.3) is 11.4 Å². The Morgan fingerprint density at radius 2 is 1.97 bits per heavy atom. The van der Waals surface area contributed by atoms with Crippen molar-refractivity contribution in [3.63, 3.8) is 0 Å². The lowest BCUT2D eigenvalue weighted by atomic mass is 10.1. The van der Waals surface area contributed by atoms with Gasteiger partial charge in [0.25, 0.3) is 0 Å². The molecule has 162 valence electrons. The number of methoxy groups -OCH3 is 1. The van der Waals surface area contributed by atoms with Crippen LogP contribution in [0.1, 0.15) is 30.2 Å². The van der Waals surface area contributed by atoms with E-state index in [0.717, 1.165) is 36.4 Å². The lowest BCUT2D eigenvalue weighted by Gasteiger charge is -2.23. The maximum Gasteiger partial charge on any atom is 0.231 e. The molecule has 32 heavy (non-hydrogen) atoms. The minimum atomic E-state index is -0.0319. The molecule has 0 radical (unpaired) electrons. The summed E-state index contributed by atoms with van der Waals surface area (Å²) < 4.78 is 11.1. The number of aromatic nitrogens is 6. The molecule has 0 bridgehead atoms. The van der Waals surface area contributed by atoms with Gasteiger partial charge in [0.15, 0.2) is 5.76 Å². The van der Waals surface area contributed by atoms with E-state index in [9.17, 15) is 0 Å². The Kier molecular flexibility index (Phi) is 5.32. The fraction of sp³-hybridized carbons (Fsp3) is 0.273.